The number of hydrogen-bond acceptors (Lipinski definition) is 3. The van der Waals surface area contributed by atoms with Crippen molar-refractivity contribution in [3.63, 3.8) is 0 Å². The zero-order valence-electron chi connectivity index (χ0n) is 10.7. The van der Waals surface area contributed by atoms with Crippen LogP contribution in [0, 0.1) is 0 Å². The predicted octanol–water partition coefficient (Wildman–Crippen LogP) is 3.76. The van der Waals surface area contributed by atoms with Crippen molar-refractivity contribution in [2.75, 3.05) is 5.73 Å². The van der Waals surface area contributed by atoms with Gasteiger partial charge in [0.1, 0.15) is 5.82 Å². The topological polar surface area (TPSA) is 67.6 Å². The minimum absolute atomic E-state index is 0.499. The van der Waals surface area contributed by atoms with Gasteiger partial charge in [-0.15, -0.1) is 0 Å². The highest BCUT2D eigenvalue weighted by molar-refractivity contribution is 6.33. The number of rotatable bonds is 2. The number of nitrogens with zero attached hydrogens (tertiary/aromatic N) is 2. The summed E-state index contributed by atoms with van der Waals surface area (Å²) in [6, 6.07) is 5.46. The first-order valence-electron chi connectivity index (χ1n) is 6.72. The highest BCUT2D eigenvalue weighted by Crippen LogP contribution is 2.34. The molecule has 0 amide bonds. The van der Waals surface area contributed by atoms with Crippen LogP contribution < -0.4 is 5.73 Å². The van der Waals surface area contributed by atoms with Crippen LogP contribution in [0.15, 0.2) is 18.2 Å². The van der Waals surface area contributed by atoms with E-state index in [1.807, 2.05) is 18.2 Å². The van der Waals surface area contributed by atoms with Crippen molar-refractivity contribution in [2.45, 2.75) is 38.0 Å². The van der Waals surface area contributed by atoms with E-state index in [-0.39, 0.29) is 0 Å². The molecule has 1 heterocycles. The van der Waals surface area contributed by atoms with Crippen molar-refractivity contribution in [1.29, 1.82) is 0 Å². The molecule has 3 rings (SSSR count). The van der Waals surface area contributed by atoms with E-state index >= 15 is 0 Å². The van der Waals surface area contributed by atoms with Crippen molar-refractivity contribution in [1.82, 2.24) is 15.2 Å². The normalized spacial score (nSPS) is 16.7. The van der Waals surface area contributed by atoms with E-state index < -0.39 is 0 Å². The second kappa shape index (κ2) is 5.21. The Kier molecular flexibility index (Phi) is 3.42. The van der Waals surface area contributed by atoms with E-state index in [1.54, 1.807) is 0 Å². The number of benzene rings is 1. The summed E-state index contributed by atoms with van der Waals surface area (Å²) in [5, 5.41) is 7.93. The molecule has 1 aliphatic rings. The molecule has 19 heavy (non-hydrogen) atoms. The maximum absolute atomic E-state index is 6.19. The number of aromatic nitrogens is 3. The molecular formula is C14H17ClN4. The molecule has 1 fully saturated rings. The Morgan fingerprint density at radius 3 is 2.74 bits per heavy atom. The molecule has 1 aromatic heterocycles. The average molecular weight is 277 g/mol. The van der Waals surface area contributed by atoms with Gasteiger partial charge in [0.25, 0.3) is 0 Å². The smallest absolute Gasteiger partial charge is 0.184 e. The summed E-state index contributed by atoms with van der Waals surface area (Å²) in [6.07, 6.45) is 6.25. The minimum Gasteiger partial charge on any atom is -0.398 e. The Morgan fingerprint density at radius 2 is 2.00 bits per heavy atom. The monoisotopic (exact) mass is 276 g/mol. The van der Waals surface area contributed by atoms with Crippen LogP contribution in [0.3, 0.4) is 0 Å². The molecule has 2 aromatic rings. The molecule has 0 radical (unpaired) electrons. The summed E-state index contributed by atoms with van der Waals surface area (Å²) in [7, 11) is 0. The van der Waals surface area contributed by atoms with E-state index in [0.29, 0.717) is 22.5 Å². The fourth-order valence-corrected chi connectivity index (χ4v) is 2.99. The van der Waals surface area contributed by atoms with E-state index in [1.165, 1.54) is 32.1 Å². The van der Waals surface area contributed by atoms with Gasteiger partial charge in [0.2, 0.25) is 0 Å². The fraction of sp³-hybridized carbons (Fsp3) is 0.429. The first kappa shape index (κ1) is 12.5. The van der Waals surface area contributed by atoms with E-state index in [0.717, 1.165) is 11.4 Å². The molecule has 3 N–H and O–H groups in total. The van der Waals surface area contributed by atoms with Gasteiger partial charge < -0.3 is 5.73 Å². The lowest BCUT2D eigenvalue weighted by molar-refractivity contribution is 0.429. The minimum atomic E-state index is 0.499. The molecule has 4 nitrogen and oxygen atoms in total. The van der Waals surface area contributed by atoms with Gasteiger partial charge >= 0.3 is 0 Å². The third-order valence-electron chi connectivity index (χ3n) is 3.76. The molecule has 0 bridgehead atoms. The third-order valence-corrected chi connectivity index (χ3v) is 4.08. The van der Waals surface area contributed by atoms with Crippen LogP contribution in [0.5, 0.6) is 0 Å². The highest BCUT2D eigenvalue weighted by atomic mass is 35.5. The summed E-state index contributed by atoms with van der Waals surface area (Å²) in [5.41, 5.74) is 7.30. The van der Waals surface area contributed by atoms with Gasteiger partial charge in [-0.05, 0) is 25.0 Å². The summed E-state index contributed by atoms with van der Waals surface area (Å²) < 4.78 is 0. The van der Waals surface area contributed by atoms with Crippen LogP contribution in [0.2, 0.25) is 5.02 Å². The van der Waals surface area contributed by atoms with Crippen molar-refractivity contribution < 1.29 is 0 Å². The molecule has 0 saturated heterocycles. The largest absolute Gasteiger partial charge is 0.398 e. The molecule has 1 aromatic carbocycles. The zero-order valence-corrected chi connectivity index (χ0v) is 11.5. The van der Waals surface area contributed by atoms with Crippen LogP contribution in [0.1, 0.15) is 43.8 Å². The SMILES string of the molecule is Nc1cccc(Cl)c1-c1n[nH]c(C2CCCCC2)n1. The predicted molar refractivity (Wildman–Crippen MR) is 77.1 cm³/mol. The van der Waals surface area contributed by atoms with Crippen molar-refractivity contribution in [3.8, 4) is 11.4 Å². The molecule has 100 valence electrons. The van der Waals surface area contributed by atoms with Crippen molar-refractivity contribution in [2.24, 2.45) is 0 Å². The van der Waals surface area contributed by atoms with Crippen LogP contribution in [-0.2, 0) is 0 Å². The Balaban J connectivity index is 1.92. The second-order valence-corrected chi connectivity index (χ2v) is 5.49. The number of anilines is 1. The Bertz CT molecular complexity index is 552. The maximum Gasteiger partial charge on any atom is 0.184 e. The first-order valence-corrected chi connectivity index (χ1v) is 7.10. The fourth-order valence-electron chi connectivity index (χ4n) is 2.72. The van der Waals surface area contributed by atoms with Gasteiger partial charge in [-0.3, -0.25) is 5.10 Å². The number of nitrogens with two attached hydrogens (primary N) is 1. The van der Waals surface area contributed by atoms with Gasteiger partial charge in [0.05, 0.1) is 10.6 Å². The van der Waals surface area contributed by atoms with E-state index in [4.69, 9.17) is 17.3 Å². The molecule has 5 heteroatoms. The summed E-state index contributed by atoms with van der Waals surface area (Å²) >= 11 is 6.19. The quantitative estimate of drug-likeness (QED) is 0.821. The maximum atomic E-state index is 6.19. The zero-order chi connectivity index (χ0) is 13.2. The van der Waals surface area contributed by atoms with Gasteiger partial charge in [-0.2, -0.15) is 5.10 Å². The molecule has 0 atom stereocenters. The number of nitrogen functional groups attached to an aromatic ring is 1. The van der Waals surface area contributed by atoms with Crippen LogP contribution >= 0.6 is 11.6 Å². The number of halogens is 1. The molecule has 0 aliphatic heterocycles. The van der Waals surface area contributed by atoms with Gasteiger partial charge in [0, 0.05) is 11.6 Å². The first-order chi connectivity index (χ1) is 9.25. The Labute approximate surface area is 117 Å². The number of nitrogens with one attached hydrogen (secondary N) is 1. The second-order valence-electron chi connectivity index (χ2n) is 5.08. The number of hydrogen-bond donors (Lipinski definition) is 2. The molecule has 0 unspecified atom stereocenters. The Morgan fingerprint density at radius 1 is 1.21 bits per heavy atom. The lowest BCUT2D eigenvalue weighted by Crippen LogP contribution is -2.06. The lowest BCUT2D eigenvalue weighted by atomic mass is 9.89. The lowest BCUT2D eigenvalue weighted by Gasteiger charge is -2.18. The third kappa shape index (κ3) is 2.45. The molecule has 0 spiro atoms. The van der Waals surface area contributed by atoms with E-state index in [9.17, 15) is 0 Å². The summed E-state index contributed by atoms with van der Waals surface area (Å²) in [6.45, 7) is 0. The van der Waals surface area contributed by atoms with Crippen LogP contribution in [-0.4, -0.2) is 15.2 Å². The molecular weight excluding hydrogens is 260 g/mol. The molecule has 1 aliphatic carbocycles. The standard InChI is InChI=1S/C14H17ClN4/c15-10-7-4-8-11(16)12(10)14-17-13(18-19-14)9-5-2-1-3-6-9/h4,7-9H,1-3,5-6,16H2,(H,17,18,19). The summed E-state index contributed by atoms with van der Waals surface area (Å²) in [5.74, 6) is 2.07. The molecule has 1 saturated carbocycles. The number of aromatic amines is 1. The average Bonchev–Trinajstić information content (AvgIpc) is 2.89. The Hall–Kier alpha value is -1.55. The van der Waals surface area contributed by atoms with Gasteiger partial charge in [-0.25, -0.2) is 4.98 Å². The van der Waals surface area contributed by atoms with Gasteiger partial charge in [-0.1, -0.05) is 36.9 Å². The van der Waals surface area contributed by atoms with Crippen molar-refractivity contribution in [3.05, 3.63) is 29.0 Å². The summed E-state index contributed by atoms with van der Waals surface area (Å²) in [4.78, 5) is 4.59. The number of H-pyrrole nitrogens is 1. The van der Waals surface area contributed by atoms with E-state index in [2.05, 4.69) is 15.2 Å². The van der Waals surface area contributed by atoms with Crippen LogP contribution in [0.4, 0.5) is 5.69 Å². The van der Waals surface area contributed by atoms with Gasteiger partial charge in [0.15, 0.2) is 5.82 Å². The van der Waals surface area contributed by atoms with Crippen molar-refractivity contribution >= 4 is 17.3 Å². The highest BCUT2D eigenvalue weighted by Gasteiger charge is 2.20. The van der Waals surface area contributed by atoms with Crippen LogP contribution in [0.25, 0.3) is 11.4 Å².